The van der Waals surface area contributed by atoms with Gasteiger partial charge in [-0.2, -0.15) is 0 Å². The minimum atomic E-state index is 0.196. The summed E-state index contributed by atoms with van der Waals surface area (Å²) in [4.78, 5) is 4.60. The summed E-state index contributed by atoms with van der Waals surface area (Å²) in [6.45, 7) is 7.11. The molecule has 1 atom stereocenters. The zero-order valence-corrected chi connectivity index (χ0v) is 15.6. The lowest BCUT2D eigenvalue weighted by molar-refractivity contribution is 0.687. The smallest absolute Gasteiger partial charge is 0.116 e. The third-order valence-corrected chi connectivity index (χ3v) is 5.35. The van der Waals surface area contributed by atoms with Crippen LogP contribution in [0.3, 0.4) is 0 Å². The molecule has 1 aromatic heterocycles. The maximum absolute atomic E-state index is 6.32. The number of hydrogen-bond donors (Lipinski definition) is 0. The standard InChI is InChI=1S/C20H20Cl2N2/c1-13-6-4-7-16(14(13)2)15(3)20-23-10-11-24(20)12-17-18(21)8-5-9-19(17)22/h4-11,15H,12H2,1-3H3/t15-/m0/s1. The third kappa shape index (κ3) is 3.22. The van der Waals surface area contributed by atoms with Crippen molar-refractivity contribution in [3.8, 4) is 0 Å². The lowest BCUT2D eigenvalue weighted by Gasteiger charge is -2.18. The molecule has 0 radical (unpaired) electrons. The average molecular weight is 359 g/mol. The van der Waals surface area contributed by atoms with E-state index in [0.29, 0.717) is 16.6 Å². The van der Waals surface area contributed by atoms with Crippen LogP contribution in [0.5, 0.6) is 0 Å². The molecule has 124 valence electrons. The van der Waals surface area contributed by atoms with Crippen molar-refractivity contribution in [3.05, 3.63) is 86.9 Å². The number of rotatable bonds is 4. The Labute approximate surface area is 153 Å². The second-order valence-corrected chi connectivity index (χ2v) is 6.94. The monoisotopic (exact) mass is 358 g/mol. The van der Waals surface area contributed by atoms with Gasteiger partial charge in [-0.25, -0.2) is 4.98 Å². The van der Waals surface area contributed by atoms with E-state index in [2.05, 4.69) is 48.5 Å². The van der Waals surface area contributed by atoms with Gasteiger partial charge in [0.25, 0.3) is 0 Å². The molecule has 0 bridgehead atoms. The Balaban J connectivity index is 1.97. The topological polar surface area (TPSA) is 17.8 Å². The van der Waals surface area contributed by atoms with Gasteiger partial charge in [-0.3, -0.25) is 0 Å². The summed E-state index contributed by atoms with van der Waals surface area (Å²) in [5, 5.41) is 1.36. The van der Waals surface area contributed by atoms with Gasteiger partial charge in [-0.1, -0.05) is 54.4 Å². The predicted molar refractivity (Wildman–Crippen MR) is 101 cm³/mol. The van der Waals surface area contributed by atoms with Gasteiger partial charge in [0.2, 0.25) is 0 Å². The number of imidazole rings is 1. The highest BCUT2D eigenvalue weighted by atomic mass is 35.5. The minimum Gasteiger partial charge on any atom is -0.330 e. The molecule has 0 N–H and O–H groups in total. The van der Waals surface area contributed by atoms with Gasteiger partial charge in [0.1, 0.15) is 5.82 Å². The van der Waals surface area contributed by atoms with Crippen molar-refractivity contribution in [1.29, 1.82) is 0 Å². The summed E-state index contributed by atoms with van der Waals surface area (Å²) in [5.41, 5.74) is 4.84. The van der Waals surface area contributed by atoms with Crippen LogP contribution in [0.2, 0.25) is 10.0 Å². The van der Waals surface area contributed by atoms with Gasteiger partial charge in [0, 0.05) is 33.9 Å². The van der Waals surface area contributed by atoms with E-state index in [-0.39, 0.29) is 5.92 Å². The van der Waals surface area contributed by atoms with Crippen LogP contribution in [0.4, 0.5) is 0 Å². The van der Waals surface area contributed by atoms with Crippen molar-refractivity contribution in [2.45, 2.75) is 33.2 Å². The van der Waals surface area contributed by atoms with Gasteiger partial charge in [-0.05, 0) is 42.7 Å². The quantitative estimate of drug-likeness (QED) is 0.558. The molecule has 3 rings (SSSR count). The van der Waals surface area contributed by atoms with Crippen molar-refractivity contribution in [2.75, 3.05) is 0 Å². The van der Waals surface area contributed by atoms with E-state index in [4.69, 9.17) is 23.2 Å². The van der Waals surface area contributed by atoms with Crippen molar-refractivity contribution >= 4 is 23.2 Å². The predicted octanol–water partition coefficient (Wildman–Crippen LogP) is 6.01. The zero-order valence-electron chi connectivity index (χ0n) is 14.1. The van der Waals surface area contributed by atoms with Gasteiger partial charge in [0.05, 0.1) is 6.54 Å². The first-order chi connectivity index (χ1) is 11.5. The van der Waals surface area contributed by atoms with Crippen LogP contribution in [0.1, 0.15) is 40.9 Å². The Morgan fingerprint density at radius 1 is 1.04 bits per heavy atom. The molecule has 3 aromatic rings. The minimum absolute atomic E-state index is 0.196. The highest BCUT2D eigenvalue weighted by molar-refractivity contribution is 6.35. The van der Waals surface area contributed by atoms with Gasteiger partial charge in [-0.15, -0.1) is 0 Å². The largest absolute Gasteiger partial charge is 0.330 e. The SMILES string of the molecule is Cc1cccc([C@H](C)c2nccn2Cc2c(Cl)cccc2Cl)c1C. The second kappa shape index (κ2) is 7.00. The van der Waals surface area contributed by atoms with E-state index in [1.807, 2.05) is 30.6 Å². The Morgan fingerprint density at radius 2 is 1.71 bits per heavy atom. The first kappa shape index (κ1) is 17.1. The Morgan fingerprint density at radius 3 is 2.42 bits per heavy atom. The number of hydrogen-bond acceptors (Lipinski definition) is 1. The average Bonchev–Trinajstić information content (AvgIpc) is 3.01. The lowest BCUT2D eigenvalue weighted by Crippen LogP contribution is -2.10. The summed E-state index contributed by atoms with van der Waals surface area (Å²) >= 11 is 12.6. The molecule has 0 fully saturated rings. The molecule has 0 amide bonds. The van der Waals surface area contributed by atoms with Crippen LogP contribution >= 0.6 is 23.2 Å². The Hall–Kier alpha value is -1.77. The summed E-state index contributed by atoms with van der Waals surface area (Å²) in [7, 11) is 0. The molecule has 2 nitrogen and oxygen atoms in total. The van der Waals surface area contributed by atoms with Gasteiger partial charge < -0.3 is 4.57 Å². The van der Waals surface area contributed by atoms with Crippen LogP contribution < -0.4 is 0 Å². The molecule has 24 heavy (non-hydrogen) atoms. The van der Waals surface area contributed by atoms with E-state index in [9.17, 15) is 0 Å². The highest BCUT2D eigenvalue weighted by Gasteiger charge is 2.18. The molecule has 4 heteroatoms. The molecule has 0 aliphatic heterocycles. The fourth-order valence-corrected chi connectivity index (χ4v) is 3.59. The number of halogens is 2. The maximum Gasteiger partial charge on any atom is 0.116 e. The third-order valence-electron chi connectivity index (χ3n) is 4.64. The first-order valence-corrected chi connectivity index (χ1v) is 8.74. The molecule has 0 aliphatic rings. The van der Waals surface area contributed by atoms with Gasteiger partial charge in [0.15, 0.2) is 0 Å². The van der Waals surface area contributed by atoms with Crippen LogP contribution in [-0.4, -0.2) is 9.55 Å². The van der Waals surface area contributed by atoms with Crippen molar-refractivity contribution in [2.24, 2.45) is 0 Å². The van der Waals surface area contributed by atoms with Crippen molar-refractivity contribution < 1.29 is 0 Å². The van der Waals surface area contributed by atoms with Crippen LogP contribution in [0.15, 0.2) is 48.8 Å². The van der Waals surface area contributed by atoms with Crippen molar-refractivity contribution in [3.63, 3.8) is 0 Å². The molecule has 0 saturated carbocycles. The van der Waals surface area contributed by atoms with Gasteiger partial charge >= 0.3 is 0 Å². The number of benzene rings is 2. The van der Waals surface area contributed by atoms with Crippen LogP contribution in [-0.2, 0) is 6.54 Å². The van der Waals surface area contributed by atoms with E-state index < -0.39 is 0 Å². The zero-order chi connectivity index (χ0) is 17.3. The molecule has 0 saturated heterocycles. The Kier molecular flexibility index (Phi) is 4.98. The lowest BCUT2D eigenvalue weighted by atomic mass is 9.93. The van der Waals surface area contributed by atoms with E-state index >= 15 is 0 Å². The maximum atomic E-state index is 6.32. The van der Waals surface area contributed by atoms with E-state index in [1.165, 1.54) is 16.7 Å². The normalized spacial score (nSPS) is 12.4. The Bertz CT molecular complexity index is 848. The summed E-state index contributed by atoms with van der Waals surface area (Å²) in [6, 6.07) is 12.0. The molecule has 0 unspecified atom stereocenters. The molecule has 0 spiro atoms. The summed E-state index contributed by atoms with van der Waals surface area (Å²) < 4.78 is 2.12. The van der Waals surface area contributed by atoms with E-state index in [0.717, 1.165) is 11.4 Å². The summed E-state index contributed by atoms with van der Waals surface area (Å²) in [6.07, 6.45) is 3.82. The molecule has 2 aromatic carbocycles. The molecule has 0 aliphatic carbocycles. The fourth-order valence-electron chi connectivity index (χ4n) is 3.07. The second-order valence-electron chi connectivity index (χ2n) is 6.12. The number of nitrogens with zero attached hydrogens (tertiary/aromatic N) is 2. The van der Waals surface area contributed by atoms with Crippen LogP contribution in [0, 0.1) is 13.8 Å². The summed E-state index contributed by atoms with van der Waals surface area (Å²) in [5.74, 6) is 1.21. The van der Waals surface area contributed by atoms with E-state index in [1.54, 1.807) is 0 Å². The highest BCUT2D eigenvalue weighted by Crippen LogP contribution is 2.30. The van der Waals surface area contributed by atoms with Crippen molar-refractivity contribution in [1.82, 2.24) is 9.55 Å². The fraction of sp³-hybridized carbons (Fsp3) is 0.250. The number of aryl methyl sites for hydroxylation is 1. The molecular weight excluding hydrogens is 339 g/mol. The van der Waals surface area contributed by atoms with Crippen LogP contribution in [0.25, 0.3) is 0 Å². The molecule has 1 heterocycles. The first-order valence-electron chi connectivity index (χ1n) is 7.99. The molecular formula is C20H20Cl2N2. The number of aromatic nitrogens is 2.